The number of pyridine rings is 3. The van der Waals surface area contributed by atoms with Crippen LogP contribution in [0.15, 0.2) is 55.0 Å². The van der Waals surface area contributed by atoms with E-state index in [1.807, 2.05) is 42.9 Å². The lowest BCUT2D eigenvalue weighted by Gasteiger charge is -2.23. The molecular formula is C22H26N4O. The van der Waals surface area contributed by atoms with Crippen molar-refractivity contribution in [1.82, 2.24) is 19.9 Å². The van der Waals surface area contributed by atoms with Gasteiger partial charge in [-0.25, -0.2) is 0 Å². The van der Waals surface area contributed by atoms with Crippen LogP contribution in [0.3, 0.4) is 0 Å². The van der Waals surface area contributed by atoms with Crippen molar-refractivity contribution < 1.29 is 4.74 Å². The summed E-state index contributed by atoms with van der Waals surface area (Å²) in [7, 11) is 1.69. The van der Waals surface area contributed by atoms with Crippen molar-refractivity contribution in [1.29, 1.82) is 0 Å². The number of hydrogen-bond acceptors (Lipinski definition) is 5. The minimum Gasteiger partial charge on any atom is -0.495 e. The highest BCUT2D eigenvalue weighted by Gasteiger charge is 2.13. The highest BCUT2D eigenvalue weighted by molar-refractivity contribution is 5.27. The average molecular weight is 362 g/mol. The van der Waals surface area contributed by atoms with Gasteiger partial charge in [0.1, 0.15) is 5.75 Å². The second kappa shape index (κ2) is 9.24. The first kappa shape index (κ1) is 19.0. The Labute approximate surface area is 161 Å². The predicted molar refractivity (Wildman–Crippen MR) is 107 cm³/mol. The minimum absolute atomic E-state index is 0.776. The lowest BCUT2D eigenvalue weighted by molar-refractivity contribution is 0.251. The van der Waals surface area contributed by atoms with Crippen LogP contribution in [0, 0.1) is 13.8 Å². The van der Waals surface area contributed by atoms with Gasteiger partial charge >= 0.3 is 0 Å². The van der Waals surface area contributed by atoms with Gasteiger partial charge in [-0.1, -0.05) is 12.1 Å². The third-order valence-electron chi connectivity index (χ3n) is 4.72. The summed E-state index contributed by atoms with van der Waals surface area (Å²) in [6.07, 6.45) is 6.33. The maximum atomic E-state index is 5.45. The van der Waals surface area contributed by atoms with Gasteiger partial charge < -0.3 is 4.74 Å². The van der Waals surface area contributed by atoms with Crippen LogP contribution in [0.1, 0.15) is 28.2 Å². The van der Waals surface area contributed by atoms with Crippen LogP contribution in [0.5, 0.6) is 5.75 Å². The zero-order valence-electron chi connectivity index (χ0n) is 16.2. The van der Waals surface area contributed by atoms with Gasteiger partial charge in [0, 0.05) is 44.6 Å². The van der Waals surface area contributed by atoms with Crippen molar-refractivity contribution in [3.8, 4) is 5.75 Å². The smallest absolute Gasteiger partial charge is 0.140 e. The lowest BCUT2D eigenvalue weighted by atomic mass is 10.1. The summed E-state index contributed by atoms with van der Waals surface area (Å²) in [5.74, 6) is 0.834. The maximum absolute atomic E-state index is 5.45. The molecule has 140 valence electrons. The predicted octanol–water partition coefficient (Wildman–Crippen LogP) is 3.74. The Kier molecular flexibility index (Phi) is 6.49. The summed E-state index contributed by atoms with van der Waals surface area (Å²) < 4.78 is 5.45. The Morgan fingerprint density at radius 2 is 1.30 bits per heavy atom. The largest absolute Gasteiger partial charge is 0.495 e. The molecule has 0 bridgehead atoms. The van der Waals surface area contributed by atoms with E-state index in [1.54, 1.807) is 7.11 Å². The molecule has 0 aliphatic carbocycles. The van der Waals surface area contributed by atoms with Gasteiger partial charge in [-0.2, -0.15) is 0 Å². The summed E-state index contributed by atoms with van der Waals surface area (Å²) in [6.45, 7) is 6.61. The lowest BCUT2D eigenvalue weighted by Crippen LogP contribution is -2.27. The molecule has 0 aliphatic heterocycles. The van der Waals surface area contributed by atoms with Crippen molar-refractivity contribution >= 4 is 0 Å². The Balaban J connectivity index is 1.78. The van der Waals surface area contributed by atoms with Gasteiger partial charge in [0.2, 0.25) is 0 Å². The van der Waals surface area contributed by atoms with Crippen LogP contribution < -0.4 is 4.74 Å². The second-order valence-electron chi connectivity index (χ2n) is 6.65. The number of hydrogen-bond donors (Lipinski definition) is 0. The van der Waals surface area contributed by atoms with Gasteiger partial charge in [-0.05, 0) is 49.2 Å². The molecule has 0 saturated carbocycles. The van der Waals surface area contributed by atoms with Gasteiger partial charge in [0.05, 0.1) is 24.2 Å². The molecular weight excluding hydrogens is 336 g/mol. The van der Waals surface area contributed by atoms with E-state index in [2.05, 4.69) is 45.8 Å². The Hall–Kier alpha value is -2.79. The standard InChI is InChI=1S/C22H26N4O/c1-17-7-4-11-24-20(17)15-26(16-21-18(2)8-5-12-25-21)14-10-19-22(27-3)9-6-13-23-19/h4-9,11-13H,10,14-16H2,1-3H3. The molecule has 0 saturated heterocycles. The quantitative estimate of drug-likeness (QED) is 0.611. The van der Waals surface area contributed by atoms with E-state index in [9.17, 15) is 0 Å². The molecule has 0 spiro atoms. The highest BCUT2D eigenvalue weighted by Crippen LogP contribution is 2.18. The van der Waals surface area contributed by atoms with E-state index in [0.29, 0.717) is 0 Å². The van der Waals surface area contributed by atoms with Crippen LogP contribution in [-0.4, -0.2) is 33.5 Å². The summed E-state index contributed by atoms with van der Waals surface area (Å²) in [5.41, 5.74) is 5.57. The Morgan fingerprint density at radius 1 is 0.778 bits per heavy atom. The van der Waals surface area contributed by atoms with E-state index in [4.69, 9.17) is 4.74 Å². The van der Waals surface area contributed by atoms with E-state index in [0.717, 1.165) is 48.9 Å². The molecule has 3 rings (SSSR count). The van der Waals surface area contributed by atoms with E-state index in [1.165, 1.54) is 11.1 Å². The number of aromatic nitrogens is 3. The molecule has 3 aromatic heterocycles. The molecule has 0 amide bonds. The molecule has 0 unspecified atom stereocenters. The molecule has 0 fully saturated rings. The van der Waals surface area contributed by atoms with Gasteiger partial charge in [-0.15, -0.1) is 0 Å². The van der Waals surface area contributed by atoms with E-state index in [-0.39, 0.29) is 0 Å². The zero-order valence-corrected chi connectivity index (χ0v) is 16.2. The van der Waals surface area contributed by atoms with Gasteiger partial charge in [0.15, 0.2) is 0 Å². The average Bonchev–Trinajstić information content (AvgIpc) is 2.69. The van der Waals surface area contributed by atoms with Crippen molar-refractivity contribution in [3.63, 3.8) is 0 Å². The topological polar surface area (TPSA) is 51.1 Å². The van der Waals surface area contributed by atoms with Gasteiger partial charge in [0.25, 0.3) is 0 Å². The molecule has 27 heavy (non-hydrogen) atoms. The van der Waals surface area contributed by atoms with Crippen molar-refractivity contribution in [2.24, 2.45) is 0 Å². The first-order valence-corrected chi connectivity index (χ1v) is 9.18. The second-order valence-corrected chi connectivity index (χ2v) is 6.65. The summed E-state index contributed by atoms with van der Waals surface area (Å²) in [4.78, 5) is 16.0. The molecule has 3 aromatic rings. The van der Waals surface area contributed by atoms with Crippen molar-refractivity contribution in [3.05, 3.63) is 83.2 Å². The third-order valence-corrected chi connectivity index (χ3v) is 4.72. The number of ether oxygens (including phenoxy) is 1. The first-order valence-electron chi connectivity index (χ1n) is 9.18. The molecule has 3 heterocycles. The summed E-state index contributed by atoms with van der Waals surface area (Å²) in [6, 6.07) is 12.0. The Bertz CT molecular complexity index is 834. The van der Waals surface area contributed by atoms with Crippen LogP contribution in [-0.2, 0) is 19.5 Å². The Morgan fingerprint density at radius 3 is 1.81 bits per heavy atom. The van der Waals surface area contributed by atoms with Crippen LogP contribution in [0.2, 0.25) is 0 Å². The first-order chi connectivity index (χ1) is 13.2. The molecule has 5 heteroatoms. The molecule has 0 aliphatic rings. The molecule has 0 N–H and O–H groups in total. The molecule has 0 atom stereocenters. The fraction of sp³-hybridized carbons (Fsp3) is 0.318. The molecule has 0 radical (unpaired) electrons. The fourth-order valence-corrected chi connectivity index (χ4v) is 3.07. The fourth-order valence-electron chi connectivity index (χ4n) is 3.07. The maximum Gasteiger partial charge on any atom is 0.140 e. The number of methoxy groups -OCH3 is 1. The normalized spacial score (nSPS) is 11.0. The summed E-state index contributed by atoms with van der Waals surface area (Å²) >= 11 is 0. The highest BCUT2D eigenvalue weighted by atomic mass is 16.5. The van der Waals surface area contributed by atoms with Crippen LogP contribution in [0.4, 0.5) is 0 Å². The molecule has 5 nitrogen and oxygen atoms in total. The van der Waals surface area contributed by atoms with E-state index >= 15 is 0 Å². The van der Waals surface area contributed by atoms with Gasteiger partial charge in [-0.3, -0.25) is 19.9 Å². The van der Waals surface area contributed by atoms with Crippen LogP contribution in [0.25, 0.3) is 0 Å². The number of rotatable bonds is 8. The summed E-state index contributed by atoms with van der Waals surface area (Å²) in [5, 5.41) is 0. The van der Waals surface area contributed by atoms with Crippen LogP contribution >= 0.6 is 0 Å². The number of nitrogens with zero attached hydrogens (tertiary/aromatic N) is 4. The third kappa shape index (κ3) is 5.11. The molecule has 0 aromatic carbocycles. The van der Waals surface area contributed by atoms with Crippen molar-refractivity contribution in [2.75, 3.05) is 13.7 Å². The minimum atomic E-state index is 0.776. The number of aryl methyl sites for hydroxylation is 2. The zero-order chi connectivity index (χ0) is 19.1. The van der Waals surface area contributed by atoms with E-state index < -0.39 is 0 Å². The monoisotopic (exact) mass is 362 g/mol. The van der Waals surface area contributed by atoms with Crippen molar-refractivity contribution in [2.45, 2.75) is 33.4 Å². The SMILES string of the molecule is COc1cccnc1CCN(Cc1ncccc1C)Cc1ncccc1C.